The van der Waals surface area contributed by atoms with Crippen LogP contribution in [0.1, 0.15) is 24.3 Å². The highest BCUT2D eigenvalue weighted by atomic mass is 16.5. The fourth-order valence-electron chi connectivity index (χ4n) is 1.85. The van der Waals surface area contributed by atoms with Gasteiger partial charge in [0.1, 0.15) is 5.75 Å². The average molecular weight is 258 g/mol. The Labute approximate surface area is 112 Å². The van der Waals surface area contributed by atoms with Gasteiger partial charge in [0, 0.05) is 12.2 Å². The average Bonchev–Trinajstić information content (AvgIpc) is 2.45. The molecule has 0 aliphatic carbocycles. The fraction of sp³-hybridized carbons (Fsp3) is 0.267. The number of nitrogens with two attached hydrogens (primary N) is 1. The minimum absolute atomic E-state index is 0.0103. The Kier molecular flexibility index (Phi) is 4.49. The molecule has 2 aromatic rings. The summed E-state index contributed by atoms with van der Waals surface area (Å²) in [7, 11) is 0. The first-order chi connectivity index (χ1) is 9.20. The van der Waals surface area contributed by atoms with Gasteiger partial charge in [-0.25, -0.2) is 0 Å². The molecule has 0 spiro atoms. The largest absolute Gasteiger partial charge is 0.482 e. The van der Waals surface area contributed by atoms with Crippen LogP contribution in [-0.2, 0) is 6.61 Å². The molecule has 4 nitrogen and oxygen atoms in total. The van der Waals surface area contributed by atoms with Crippen molar-refractivity contribution in [3.63, 3.8) is 0 Å². The van der Waals surface area contributed by atoms with Gasteiger partial charge in [0.15, 0.2) is 6.10 Å². The molecule has 0 amide bonds. The van der Waals surface area contributed by atoms with Crippen molar-refractivity contribution in [1.29, 1.82) is 0 Å². The molecule has 0 bridgehead atoms. The fourth-order valence-corrected chi connectivity index (χ4v) is 1.85. The number of nitrogens with zero attached hydrogens (tertiary/aromatic N) is 1. The second-order valence-corrected chi connectivity index (χ2v) is 4.46. The van der Waals surface area contributed by atoms with E-state index in [1.165, 1.54) is 0 Å². The van der Waals surface area contributed by atoms with E-state index >= 15 is 0 Å². The van der Waals surface area contributed by atoms with Gasteiger partial charge in [-0.2, -0.15) is 0 Å². The number of benzene rings is 1. The lowest BCUT2D eigenvalue weighted by Gasteiger charge is -2.22. The molecule has 19 heavy (non-hydrogen) atoms. The van der Waals surface area contributed by atoms with E-state index in [0.29, 0.717) is 5.75 Å². The maximum atomic E-state index is 9.13. The van der Waals surface area contributed by atoms with Gasteiger partial charge < -0.3 is 15.6 Å². The Balaban J connectivity index is 2.21. The van der Waals surface area contributed by atoms with Crippen molar-refractivity contribution in [2.45, 2.75) is 25.7 Å². The van der Waals surface area contributed by atoms with Crippen LogP contribution in [-0.4, -0.2) is 16.1 Å². The molecule has 0 saturated carbocycles. The van der Waals surface area contributed by atoms with Crippen molar-refractivity contribution in [2.24, 2.45) is 5.73 Å². The molecule has 1 aromatic carbocycles. The summed E-state index contributed by atoms with van der Waals surface area (Å²) < 4.78 is 5.91. The topological polar surface area (TPSA) is 68.4 Å². The van der Waals surface area contributed by atoms with Crippen molar-refractivity contribution in [1.82, 2.24) is 4.98 Å². The summed E-state index contributed by atoms with van der Waals surface area (Å²) in [5.74, 6) is 0.680. The predicted octanol–water partition coefficient (Wildman–Crippen LogP) is 2.04. The van der Waals surface area contributed by atoms with Crippen LogP contribution in [0.15, 0.2) is 48.7 Å². The highest BCUT2D eigenvalue weighted by Crippen LogP contribution is 2.23. The minimum Gasteiger partial charge on any atom is -0.482 e. The molecule has 0 aliphatic rings. The molecule has 3 N–H and O–H groups in total. The zero-order valence-corrected chi connectivity index (χ0v) is 10.9. The Morgan fingerprint density at radius 2 is 2.11 bits per heavy atom. The normalized spacial score (nSPS) is 13.8. The van der Waals surface area contributed by atoms with E-state index in [-0.39, 0.29) is 18.8 Å². The number of rotatable bonds is 5. The van der Waals surface area contributed by atoms with Gasteiger partial charge in [0.25, 0.3) is 0 Å². The number of ether oxygens (including phenoxy) is 1. The maximum absolute atomic E-state index is 9.13. The Hall–Kier alpha value is -1.91. The van der Waals surface area contributed by atoms with Gasteiger partial charge in [-0.15, -0.1) is 0 Å². The number of aliphatic hydroxyl groups excluding tert-OH is 1. The van der Waals surface area contributed by atoms with E-state index in [4.69, 9.17) is 15.6 Å². The predicted molar refractivity (Wildman–Crippen MR) is 73.6 cm³/mol. The van der Waals surface area contributed by atoms with Crippen LogP contribution < -0.4 is 10.5 Å². The highest BCUT2D eigenvalue weighted by Gasteiger charge is 2.19. The third-order valence-electron chi connectivity index (χ3n) is 2.80. The summed E-state index contributed by atoms with van der Waals surface area (Å²) in [6.07, 6.45) is 1.41. The lowest BCUT2D eigenvalue weighted by molar-refractivity contribution is 0.175. The van der Waals surface area contributed by atoms with E-state index in [9.17, 15) is 0 Å². The molecule has 2 rings (SSSR count). The number of hydrogen-bond donors (Lipinski definition) is 2. The van der Waals surface area contributed by atoms with Crippen LogP contribution in [0, 0.1) is 0 Å². The SMILES string of the molecule is CC(N)C(Oc1cccc(CO)c1)c1ccccn1. The first-order valence-corrected chi connectivity index (χ1v) is 6.23. The van der Waals surface area contributed by atoms with Crippen molar-refractivity contribution >= 4 is 0 Å². The molecule has 0 radical (unpaired) electrons. The van der Waals surface area contributed by atoms with Crippen LogP contribution in [0.5, 0.6) is 5.75 Å². The summed E-state index contributed by atoms with van der Waals surface area (Å²) >= 11 is 0. The molecule has 2 unspecified atom stereocenters. The molecule has 1 aromatic heterocycles. The molecular formula is C15H18N2O2. The lowest BCUT2D eigenvalue weighted by atomic mass is 10.1. The van der Waals surface area contributed by atoms with Crippen LogP contribution in [0.3, 0.4) is 0 Å². The first kappa shape index (κ1) is 13.5. The van der Waals surface area contributed by atoms with Crippen LogP contribution in [0.2, 0.25) is 0 Å². The number of pyridine rings is 1. The number of hydrogen-bond acceptors (Lipinski definition) is 4. The van der Waals surface area contributed by atoms with E-state index in [1.54, 1.807) is 12.3 Å². The van der Waals surface area contributed by atoms with Gasteiger partial charge in [0.05, 0.1) is 12.3 Å². The monoisotopic (exact) mass is 258 g/mol. The van der Waals surface area contributed by atoms with Gasteiger partial charge in [0.2, 0.25) is 0 Å². The second kappa shape index (κ2) is 6.31. The van der Waals surface area contributed by atoms with Gasteiger partial charge >= 0.3 is 0 Å². The number of aromatic nitrogens is 1. The van der Waals surface area contributed by atoms with Crippen molar-refractivity contribution in [3.05, 3.63) is 59.9 Å². The standard InChI is InChI=1S/C15H18N2O2/c1-11(16)15(14-7-2-3-8-17-14)19-13-6-4-5-12(9-13)10-18/h2-9,11,15,18H,10,16H2,1H3. The molecule has 0 aliphatic heterocycles. The van der Waals surface area contributed by atoms with Crippen LogP contribution in [0.4, 0.5) is 0 Å². The maximum Gasteiger partial charge on any atom is 0.155 e. The molecule has 100 valence electrons. The lowest BCUT2D eigenvalue weighted by Crippen LogP contribution is -2.29. The number of aliphatic hydroxyl groups is 1. The van der Waals surface area contributed by atoms with Gasteiger partial charge in [-0.3, -0.25) is 4.98 Å². The first-order valence-electron chi connectivity index (χ1n) is 6.23. The smallest absolute Gasteiger partial charge is 0.155 e. The zero-order valence-electron chi connectivity index (χ0n) is 10.9. The molecular weight excluding hydrogens is 240 g/mol. The van der Waals surface area contributed by atoms with Crippen LogP contribution >= 0.6 is 0 Å². The van der Waals surface area contributed by atoms with E-state index in [0.717, 1.165) is 11.3 Å². The summed E-state index contributed by atoms with van der Waals surface area (Å²) in [6.45, 7) is 1.87. The van der Waals surface area contributed by atoms with Crippen molar-refractivity contribution in [2.75, 3.05) is 0 Å². The van der Waals surface area contributed by atoms with E-state index in [1.807, 2.05) is 43.3 Å². The van der Waals surface area contributed by atoms with Crippen LogP contribution in [0.25, 0.3) is 0 Å². The molecule has 0 fully saturated rings. The van der Waals surface area contributed by atoms with E-state index < -0.39 is 0 Å². The zero-order chi connectivity index (χ0) is 13.7. The Morgan fingerprint density at radius 1 is 1.26 bits per heavy atom. The Morgan fingerprint density at radius 3 is 2.74 bits per heavy atom. The molecule has 2 atom stereocenters. The van der Waals surface area contributed by atoms with Crippen molar-refractivity contribution in [3.8, 4) is 5.75 Å². The van der Waals surface area contributed by atoms with E-state index in [2.05, 4.69) is 4.98 Å². The quantitative estimate of drug-likeness (QED) is 0.861. The highest BCUT2D eigenvalue weighted by molar-refractivity contribution is 5.29. The molecule has 0 saturated heterocycles. The summed E-state index contributed by atoms with van der Waals surface area (Å²) in [6, 6.07) is 12.8. The second-order valence-electron chi connectivity index (χ2n) is 4.46. The summed E-state index contributed by atoms with van der Waals surface area (Å²) in [5.41, 5.74) is 7.58. The van der Waals surface area contributed by atoms with Gasteiger partial charge in [-0.05, 0) is 36.8 Å². The summed E-state index contributed by atoms with van der Waals surface area (Å²) in [5, 5.41) is 9.13. The van der Waals surface area contributed by atoms with Crippen molar-refractivity contribution < 1.29 is 9.84 Å². The van der Waals surface area contributed by atoms with Gasteiger partial charge in [-0.1, -0.05) is 18.2 Å². The molecule has 1 heterocycles. The minimum atomic E-state index is -0.310. The Bertz CT molecular complexity index is 515. The third kappa shape index (κ3) is 3.53. The molecule has 4 heteroatoms. The summed E-state index contributed by atoms with van der Waals surface area (Å²) in [4.78, 5) is 4.28. The third-order valence-corrected chi connectivity index (χ3v) is 2.80.